The van der Waals surface area contributed by atoms with Crippen LogP contribution in [0.4, 0.5) is 4.39 Å². The van der Waals surface area contributed by atoms with E-state index in [4.69, 9.17) is 17.3 Å². The van der Waals surface area contributed by atoms with Crippen molar-refractivity contribution in [2.24, 2.45) is 11.7 Å². The molecule has 0 aromatic heterocycles. The second-order valence-electron chi connectivity index (χ2n) is 6.08. The lowest BCUT2D eigenvalue weighted by Gasteiger charge is -2.22. The molecule has 0 bridgehead atoms. The summed E-state index contributed by atoms with van der Waals surface area (Å²) < 4.78 is 13.8. The molecule has 3 heteroatoms. The normalized spacial score (nSPS) is 13.7. The number of nitrogens with two attached hydrogens (primary N) is 1. The largest absolute Gasteiger partial charge is 0.330 e. The average Bonchev–Trinajstić information content (AvgIpc) is 2.21. The first-order chi connectivity index (χ1) is 8.25. The fourth-order valence-corrected chi connectivity index (χ4v) is 2.49. The minimum atomic E-state index is -0.320. The lowest BCUT2D eigenvalue weighted by molar-refractivity contribution is 0.530. The van der Waals surface area contributed by atoms with Crippen molar-refractivity contribution in [3.63, 3.8) is 0 Å². The van der Waals surface area contributed by atoms with E-state index in [0.717, 1.165) is 24.0 Å². The summed E-state index contributed by atoms with van der Waals surface area (Å²) in [4.78, 5) is 0. The van der Waals surface area contributed by atoms with Crippen LogP contribution < -0.4 is 5.73 Å². The van der Waals surface area contributed by atoms with Crippen molar-refractivity contribution in [2.45, 2.75) is 46.0 Å². The highest BCUT2D eigenvalue weighted by Crippen LogP contribution is 2.33. The van der Waals surface area contributed by atoms with Crippen LogP contribution in [-0.2, 0) is 11.8 Å². The predicted molar refractivity (Wildman–Crippen MR) is 76.6 cm³/mol. The maximum absolute atomic E-state index is 13.8. The Kier molecular flexibility index (Phi) is 5.18. The van der Waals surface area contributed by atoms with Crippen molar-refractivity contribution in [3.8, 4) is 0 Å². The highest BCUT2D eigenvalue weighted by atomic mass is 35.5. The molecule has 2 N–H and O–H groups in total. The van der Waals surface area contributed by atoms with E-state index in [1.54, 1.807) is 6.07 Å². The summed E-state index contributed by atoms with van der Waals surface area (Å²) in [6, 6.07) is 3.57. The van der Waals surface area contributed by atoms with E-state index >= 15 is 0 Å². The van der Waals surface area contributed by atoms with E-state index in [1.165, 1.54) is 0 Å². The van der Waals surface area contributed by atoms with Crippen LogP contribution in [0.5, 0.6) is 0 Å². The van der Waals surface area contributed by atoms with Crippen molar-refractivity contribution in [1.82, 2.24) is 0 Å². The quantitative estimate of drug-likeness (QED) is 0.868. The maximum atomic E-state index is 13.8. The third-order valence-electron chi connectivity index (χ3n) is 3.14. The zero-order chi connectivity index (χ0) is 13.9. The van der Waals surface area contributed by atoms with E-state index < -0.39 is 0 Å². The molecule has 0 aliphatic carbocycles. The Morgan fingerprint density at radius 1 is 1.33 bits per heavy atom. The van der Waals surface area contributed by atoms with Gasteiger partial charge >= 0.3 is 0 Å². The van der Waals surface area contributed by atoms with Gasteiger partial charge in [-0.2, -0.15) is 0 Å². The van der Waals surface area contributed by atoms with Gasteiger partial charge < -0.3 is 5.73 Å². The first kappa shape index (κ1) is 15.5. The van der Waals surface area contributed by atoms with Gasteiger partial charge in [0.1, 0.15) is 5.82 Å². The molecular weight excluding hydrogens is 249 g/mol. The smallest absolute Gasteiger partial charge is 0.142 e. The van der Waals surface area contributed by atoms with Crippen LogP contribution >= 0.6 is 11.6 Å². The standard InChI is InChI=1S/C15H23ClFN/c1-10(5-6-18)7-11-8-12(15(2,3)4)14(16)13(17)9-11/h8-10H,5-7,18H2,1-4H3. The Labute approximate surface area is 115 Å². The zero-order valence-corrected chi connectivity index (χ0v) is 12.4. The van der Waals surface area contributed by atoms with Gasteiger partial charge in [0.15, 0.2) is 0 Å². The molecule has 0 aliphatic rings. The van der Waals surface area contributed by atoms with Crippen LogP contribution in [-0.4, -0.2) is 6.54 Å². The number of benzene rings is 1. The van der Waals surface area contributed by atoms with Crippen molar-refractivity contribution >= 4 is 11.6 Å². The van der Waals surface area contributed by atoms with Crippen LogP contribution in [0.1, 0.15) is 45.2 Å². The van der Waals surface area contributed by atoms with Crippen molar-refractivity contribution in [2.75, 3.05) is 6.54 Å². The van der Waals surface area contributed by atoms with Crippen LogP contribution in [0.3, 0.4) is 0 Å². The SMILES string of the molecule is CC(CCN)Cc1cc(F)c(Cl)c(C(C)(C)C)c1. The van der Waals surface area contributed by atoms with E-state index in [9.17, 15) is 4.39 Å². The number of rotatable bonds is 4. The Bertz CT molecular complexity index is 410. The fourth-order valence-electron chi connectivity index (χ4n) is 2.10. The second kappa shape index (κ2) is 6.03. The lowest BCUT2D eigenvalue weighted by Crippen LogP contribution is -2.14. The van der Waals surface area contributed by atoms with Gasteiger partial charge in [0, 0.05) is 0 Å². The molecule has 1 atom stereocenters. The van der Waals surface area contributed by atoms with Gasteiger partial charge in [-0.1, -0.05) is 45.4 Å². The Morgan fingerprint density at radius 2 is 1.94 bits per heavy atom. The molecule has 1 aromatic carbocycles. The predicted octanol–water partition coefficient (Wildman–Crippen LogP) is 4.30. The van der Waals surface area contributed by atoms with Crippen LogP contribution in [0.2, 0.25) is 5.02 Å². The Balaban J connectivity index is 3.05. The molecule has 0 saturated carbocycles. The Morgan fingerprint density at radius 3 is 2.44 bits per heavy atom. The maximum Gasteiger partial charge on any atom is 0.142 e. The van der Waals surface area contributed by atoms with Gasteiger partial charge in [-0.3, -0.25) is 0 Å². The number of halogens is 2. The van der Waals surface area contributed by atoms with Crippen molar-refractivity contribution in [1.29, 1.82) is 0 Å². The second-order valence-corrected chi connectivity index (χ2v) is 6.45. The third-order valence-corrected chi connectivity index (χ3v) is 3.52. The van der Waals surface area contributed by atoms with E-state index in [-0.39, 0.29) is 16.3 Å². The molecule has 0 amide bonds. The van der Waals surface area contributed by atoms with E-state index in [2.05, 4.69) is 6.92 Å². The summed E-state index contributed by atoms with van der Waals surface area (Å²) in [6.07, 6.45) is 1.80. The molecule has 0 aliphatic heterocycles. The average molecular weight is 272 g/mol. The van der Waals surface area contributed by atoms with Gasteiger partial charge in [-0.05, 0) is 47.9 Å². The van der Waals surface area contributed by atoms with Gasteiger partial charge in [0.25, 0.3) is 0 Å². The molecule has 1 rings (SSSR count). The summed E-state index contributed by atoms with van der Waals surface area (Å²) in [6.45, 7) is 8.93. The first-order valence-electron chi connectivity index (χ1n) is 6.44. The summed E-state index contributed by atoms with van der Waals surface area (Å²) in [7, 11) is 0. The molecule has 0 saturated heterocycles. The monoisotopic (exact) mass is 271 g/mol. The van der Waals surface area contributed by atoms with Crippen LogP contribution in [0.25, 0.3) is 0 Å². The number of hydrogen-bond donors (Lipinski definition) is 1. The van der Waals surface area contributed by atoms with Gasteiger partial charge in [-0.25, -0.2) is 4.39 Å². The molecule has 1 unspecified atom stereocenters. The summed E-state index contributed by atoms with van der Waals surface area (Å²) >= 11 is 6.05. The molecule has 0 heterocycles. The van der Waals surface area contributed by atoms with Crippen LogP contribution in [0.15, 0.2) is 12.1 Å². The van der Waals surface area contributed by atoms with Crippen LogP contribution in [0, 0.1) is 11.7 Å². The first-order valence-corrected chi connectivity index (χ1v) is 6.82. The van der Waals surface area contributed by atoms with Gasteiger partial charge in [-0.15, -0.1) is 0 Å². The number of hydrogen-bond acceptors (Lipinski definition) is 1. The molecule has 0 radical (unpaired) electrons. The minimum Gasteiger partial charge on any atom is -0.330 e. The summed E-state index contributed by atoms with van der Waals surface area (Å²) in [5, 5.41) is 0.248. The minimum absolute atomic E-state index is 0.148. The lowest BCUT2D eigenvalue weighted by atomic mass is 9.84. The summed E-state index contributed by atoms with van der Waals surface area (Å²) in [5.74, 6) is 0.141. The highest BCUT2D eigenvalue weighted by molar-refractivity contribution is 6.31. The molecule has 1 nitrogen and oxygen atoms in total. The highest BCUT2D eigenvalue weighted by Gasteiger charge is 2.21. The topological polar surface area (TPSA) is 26.0 Å². The van der Waals surface area contributed by atoms with Crippen molar-refractivity contribution in [3.05, 3.63) is 34.1 Å². The molecule has 1 aromatic rings. The van der Waals surface area contributed by atoms with Gasteiger partial charge in [0.2, 0.25) is 0 Å². The molecule has 0 spiro atoms. The third kappa shape index (κ3) is 3.96. The summed E-state index contributed by atoms with van der Waals surface area (Å²) in [5.41, 5.74) is 7.27. The Hall–Kier alpha value is -0.600. The van der Waals surface area contributed by atoms with Gasteiger partial charge in [0.05, 0.1) is 5.02 Å². The fraction of sp³-hybridized carbons (Fsp3) is 0.600. The van der Waals surface area contributed by atoms with E-state index in [0.29, 0.717) is 12.5 Å². The molecule has 0 fully saturated rings. The van der Waals surface area contributed by atoms with Crippen molar-refractivity contribution < 1.29 is 4.39 Å². The molecule has 18 heavy (non-hydrogen) atoms. The molecule has 102 valence electrons. The zero-order valence-electron chi connectivity index (χ0n) is 11.7. The molecular formula is C15H23ClFN. The van der Waals surface area contributed by atoms with E-state index in [1.807, 2.05) is 26.8 Å².